The Morgan fingerprint density at radius 2 is 2.03 bits per heavy atom. The van der Waals surface area contributed by atoms with E-state index in [9.17, 15) is 19.3 Å². The number of halogens is 2. The number of non-ortho nitro benzene ring substituents is 1. The highest BCUT2D eigenvalue weighted by Gasteiger charge is 2.13. The zero-order valence-electron chi connectivity index (χ0n) is 16.8. The molecule has 0 bridgehead atoms. The van der Waals surface area contributed by atoms with Crippen LogP contribution in [0.4, 0.5) is 10.1 Å². The Labute approximate surface area is 199 Å². The number of nitro benzene ring substituents is 1. The summed E-state index contributed by atoms with van der Waals surface area (Å²) in [5.41, 5.74) is 3.86. The molecule has 166 valence electrons. The Morgan fingerprint density at radius 1 is 1.18 bits per heavy atom. The molecule has 7 nitrogen and oxygen atoms in total. The maximum Gasteiger partial charge on any atom is 0.281 e. The third kappa shape index (κ3) is 5.60. The zero-order valence-corrected chi connectivity index (χ0v) is 19.2. The second kappa shape index (κ2) is 9.88. The van der Waals surface area contributed by atoms with Gasteiger partial charge in [0.2, 0.25) is 0 Å². The summed E-state index contributed by atoms with van der Waals surface area (Å²) in [6.07, 6.45) is 1.48. The van der Waals surface area contributed by atoms with E-state index in [1.54, 1.807) is 42.5 Å². The number of fused-ring (bicyclic) bond motifs is 1. The van der Waals surface area contributed by atoms with Crippen molar-refractivity contribution in [3.63, 3.8) is 0 Å². The number of nitro groups is 1. The summed E-state index contributed by atoms with van der Waals surface area (Å²) in [5.74, 6) is -0.148. The smallest absolute Gasteiger partial charge is 0.281 e. The number of amides is 1. The average Bonchev–Trinajstić information content (AvgIpc) is 3.22. The van der Waals surface area contributed by atoms with E-state index in [-0.39, 0.29) is 18.1 Å². The fourth-order valence-electron chi connectivity index (χ4n) is 2.98. The number of carbonyl (C=O) groups is 1. The summed E-state index contributed by atoms with van der Waals surface area (Å²) in [7, 11) is 0. The van der Waals surface area contributed by atoms with E-state index in [1.165, 1.54) is 41.8 Å². The van der Waals surface area contributed by atoms with Crippen LogP contribution < -0.4 is 10.2 Å². The number of ether oxygens (including phenoxy) is 1. The minimum atomic E-state index is -0.475. The number of carbonyl (C=O) groups excluding carboxylic acids is 1. The normalized spacial score (nSPS) is 11.1. The molecule has 0 saturated carbocycles. The van der Waals surface area contributed by atoms with Gasteiger partial charge < -0.3 is 4.74 Å². The summed E-state index contributed by atoms with van der Waals surface area (Å²) < 4.78 is 20.4. The molecule has 0 radical (unpaired) electrons. The van der Waals surface area contributed by atoms with Gasteiger partial charge >= 0.3 is 0 Å². The Balaban J connectivity index is 1.37. The van der Waals surface area contributed by atoms with Crippen molar-refractivity contribution in [3.8, 4) is 5.75 Å². The second-order valence-electron chi connectivity index (χ2n) is 6.90. The van der Waals surface area contributed by atoms with Crippen LogP contribution in [-0.2, 0) is 6.61 Å². The maximum absolute atomic E-state index is 13.3. The van der Waals surface area contributed by atoms with Gasteiger partial charge in [0.25, 0.3) is 11.6 Å². The standard InChI is InChI=1S/C23H15BrFN3O4S/c24-19-9-14(4-6-20(19)32-13-15-2-1-3-17(25)8-15)12-26-27-23(29)22-11-16-10-18(28(30)31)5-7-21(16)33-22/h1-12H,13H2,(H,27,29)/b26-12-. The molecule has 33 heavy (non-hydrogen) atoms. The van der Waals surface area contributed by atoms with Crippen LogP contribution in [0.5, 0.6) is 5.75 Å². The van der Waals surface area contributed by atoms with Crippen molar-refractivity contribution in [2.45, 2.75) is 6.61 Å². The van der Waals surface area contributed by atoms with Gasteiger partial charge in [-0.05, 0) is 69.5 Å². The number of nitrogens with one attached hydrogen (secondary N) is 1. The first-order chi connectivity index (χ1) is 15.9. The van der Waals surface area contributed by atoms with E-state index < -0.39 is 10.8 Å². The highest BCUT2D eigenvalue weighted by atomic mass is 79.9. The second-order valence-corrected chi connectivity index (χ2v) is 8.84. The quantitative estimate of drug-likeness (QED) is 0.179. The Morgan fingerprint density at radius 3 is 2.79 bits per heavy atom. The Hall–Kier alpha value is -3.63. The summed E-state index contributed by atoms with van der Waals surface area (Å²) in [4.78, 5) is 23.2. The van der Waals surface area contributed by atoms with Gasteiger partial charge in [-0.15, -0.1) is 11.3 Å². The molecule has 0 saturated heterocycles. The summed E-state index contributed by atoms with van der Waals surface area (Å²) in [5, 5.41) is 15.5. The Kier molecular flexibility index (Phi) is 6.76. The van der Waals surface area contributed by atoms with Crippen LogP contribution >= 0.6 is 27.3 Å². The van der Waals surface area contributed by atoms with E-state index >= 15 is 0 Å². The molecule has 1 N–H and O–H groups in total. The molecule has 1 heterocycles. The first-order valence-corrected chi connectivity index (χ1v) is 11.2. The molecule has 0 aliphatic rings. The number of thiophene rings is 1. The molecule has 4 aromatic rings. The van der Waals surface area contributed by atoms with Crippen LogP contribution in [0.15, 0.2) is 76.3 Å². The van der Waals surface area contributed by atoms with Crippen LogP contribution in [-0.4, -0.2) is 17.0 Å². The van der Waals surface area contributed by atoms with Crippen LogP contribution in [0.25, 0.3) is 10.1 Å². The van der Waals surface area contributed by atoms with Gasteiger partial charge in [-0.2, -0.15) is 5.10 Å². The first-order valence-electron chi connectivity index (χ1n) is 9.57. The monoisotopic (exact) mass is 527 g/mol. The van der Waals surface area contributed by atoms with E-state index in [0.29, 0.717) is 31.6 Å². The van der Waals surface area contributed by atoms with Gasteiger partial charge in [0.05, 0.1) is 20.5 Å². The Bertz CT molecular complexity index is 1390. The summed E-state index contributed by atoms with van der Waals surface area (Å²) >= 11 is 4.66. The molecule has 0 aliphatic heterocycles. The minimum absolute atomic E-state index is 0.0285. The molecule has 4 rings (SSSR count). The predicted octanol–water partition coefficient (Wildman–Crippen LogP) is 6.05. The lowest BCUT2D eigenvalue weighted by atomic mass is 10.2. The lowest BCUT2D eigenvalue weighted by Gasteiger charge is -2.09. The summed E-state index contributed by atoms with van der Waals surface area (Å²) in [6, 6.07) is 17.5. The number of hydrazone groups is 1. The number of rotatable bonds is 7. The number of nitrogens with zero attached hydrogens (tertiary/aromatic N) is 2. The molecule has 0 atom stereocenters. The molecular formula is C23H15BrFN3O4S. The van der Waals surface area contributed by atoms with Gasteiger partial charge in [-0.25, -0.2) is 9.82 Å². The van der Waals surface area contributed by atoms with Crippen molar-refractivity contribution < 1.29 is 18.8 Å². The lowest BCUT2D eigenvalue weighted by Crippen LogP contribution is -2.16. The van der Waals surface area contributed by atoms with E-state index in [4.69, 9.17) is 4.74 Å². The molecule has 3 aromatic carbocycles. The number of benzene rings is 3. The van der Waals surface area contributed by atoms with Crippen LogP contribution in [0.2, 0.25) is 0 Å². The molecule has 10 heteroatoms. The fraction of sp³-hybridized carbons (Fsp3) is 0.0435. The minimum Gasteiger partial charge on any atom is -0.488 e. The highest BCUT2D eigenvalue weighted by Crippen LogP contribution is 2.29. The van der Waals surface area contributed by atoms with E-state index in [2.05, 4.69) is 26.5 Å². The molecule has 0 unspecified atom stereocenters. The van der Waals surface area contributed by atoms with Crippen molar-refractivity contribution in [2.24, 2.45) is 5.10 Å². The average molecular weight is 528 g/mol. The molecule has 1 amide bonds. The van der Waals surface area contributed by atoms with Gasteiger partial charge in [0.1, 0.15) is 18.2 Å². The van der Waals surface area contributed by atoms with Crippen LogP contribution in [0.3, 0.4) is 0 Å². The van der Waals surface area contributed by atoms with Gasteiger partial charge in [0, 0.05) is 22.2 Å². The summed E-state index contributed by atoms with van der Waals surface area (Å²) in [6.45, 7) is 0.220. The molecule has 1 aromatic heterocycles. The maximum atomic E-state index is 13.3. The predicted molar refractivity (Wildman–Crippen MR) is 128 cm³/mol. The number of hydrogen-bond acceptors (Lipinski definition) is 6. The van der Waals surface area contributed by atoms with Crippen LogP contribution in [0.1, 0.15) is 20.8 Å². The van der Waals surface area contributed by atoms with Gasteiger partial charge in [0.15, 0.2) is 0 Å². The van der Waals surface area contributed by atoms with Gasteiger partial charge in [-0.1, -0.05) is 12.1 Å². The third-order valence-electron chi connectivity index (χ3n) is 4.55. The highest BCUT2D eigenvalue weighted by molar-refractivity contribution is 9.10. The zero-order chi connectivity index (χ0) is 23.4. The van der Waals surface area contributed by atoms with Gasteiger partial charge in [-0.3, -0.25) is 14.9 Å². The van der Waals surface area contributed by atoms with Crippen molar-refractivity contribution in [1.29, 1.82) is 0 Å². The first kappa shape index (κ1) is 22.6. The molecule has 0 fully saturated rings. The van der Waals surface area contributed by atoms with Crippen LogP contribution in [0, 0.1) is 15.9 Å². The largest absolute Gasteiger partial charge is 0.488 e. The van der Waals surface area contributed by atoms with Crippen molar-refractivity contribution in [2.75, 3.05) is 0 Å². The SMILES string of the molecule is O=C(N/N=C\c1ccc(OCc2cccc(F)c2)c(Br)c1)c1cc2cc([N+](=O)[O-])ccc2s1. The number of hydrogen-bond donors (Lipinski definition) is 1. The van der Waals surface area contributed by atoms with Crippen molar-refractivity contribution in [1.82, 2.24) is 5.43 Å². The van der Waals surface area contributed by atoms with Crippen molar-refractivity contribution >= 4 is 55.2 Å². The van der Waals surface area contributed by atoms with Crippen molar-refractivity contribution in [3.05, 3.63) is 103 Å². The third-order valence-corrected chi connectivity index (χ3v) is 6.29. The lowest BCUT2D eigenvalue weighted by molar-refractivity contribution is -0.384. The molecular weight excluding hydrogens is 513 g/mol. The molecule has 0 aliphatic carbocycles. The topological polar surface area (TPSA) is 93.8 Å². The van der Waals surface area contributed by atoms with E-state index in [0.717, 1.165) is 4.70 Å². The fourth-order valence-corrected chi connectivity index (χ4v) is 4.42. The molecule has 0 spiro atoms. The van der Waals surface area contributed by atoms with E-state index in [1.807, 2.05) is 0 Å².